The number of hydrogen-bond donors (Lipinski definition) is 2. The van der Waals surface area contributed by atoms with Gasteiger partial charge in [-0.15, -0.1) is 0 Å². The van der Waals surface area contributed by atoms with Gasteiger partial charge in [-0.25, -0.2) is 0 Å². The van der Waals surface area contributed by atoms with E-state index < -0.39 is 0 Å². The highest BCUT2D eigenvalue weighted by Gasteiger charge is 2.38. The number of carbonyl (C=O) groups excluding carboxylic acids is 1. The lowest BCUT2D eigenvalue weighted by atomic mass is 10.0. The molecule has 1 aromatic carbocycles. The standard InChI is InChI=1S/C13H15ClN2O2/c14-11-3-8(1-2-12(11)17)13(18)16-6-9-4-15-5-10(9)7-16/h1-3,9-10,15,17H,4-7H2. The number of hydrogen-bond acceptors (Lipinski definition) is 3. The van der Waals surface area contributed by atoms with Crippen LogP contribution in [0.25, 0.3) is 0 Å². The molecule has 1 amide bonds. The largest absolute Gasteiger partial charge is 0.506 e. The van der Waals surface area contributed by atoms with E-state index in [9.17, 15) is 9.90 Å². The van der Waals surface area contributed by atoms with E-state index in [4.69, 9.17) is 11.6 Å². The summed E-state index contributed by atoms with van der Waals surface area (Å²) in [5.74, 6) is 1.19. The van der Waals surface area contributed by atoms with E-state index in [1.165, 1.54) is 12.1 Å². The van der Waals surface area contributed by atoms with Gasteiger partial charge in [0.15, 0.2) is 0 Å². The van der Waals surface area contributed by atoms with Gasteiger partial charge in [-0.3, -0.25) is 4.79 Å². The lowest BCUT2D eigenvalue weighted by Gasteiger charge is -2.17. The molecule has 2 saturated heterocycles. The number of amides is 1. The van der Waals surface area contributed by atoms with Crippen LogP contribution in [-0.2, 0) is 0 Å². The third kappa shape index (κ3) is 1.95. The quantitative estimate of drug-likeness (QED) is 0.807. The van der Waals surface area contributed by atoms with Gasteiger partial charge in [0, 0.05) is 31.7 Å². The van der Waals surface area contributed by atoms with Crippen LogP contribution >= 0.6 is 11.6 Å². The normalized spacial score (nSPS) is 26.4. The first-order chi connectivity index (χ1) is 8.65. The minimum atomic E-state index is 0.00583. The lowest BCUT2D eigenvalue weighted by Crippen LogP contribution is -2.31. The number of phenols is 1. The van der Waals surface area contributed by atoms with E-state index in [-0.39, 0.29) is 16.7 Å². The highest BCUT2D eigenvalue weighted by molar-refractivity contribution is 6.32. The predicted molar refractivity (Wildman–Crippen MR) is 68.9 cm³/mol. The number of phenolic OH excluding ortho intramolecular Hbond substituents is 1. The summed E-state index contributed by atoms with van der Waals surface area (Å²) in [6, 6.07) is 4.62. The molecule has 2 fully saturated rings. The summed E-state index contributed by atoms with van der Waals surface area (Å²) in [5, 5.41) is 12.9. The van der Waals surface area contributed by atoms with E-state index >= 15 is 0 Å². The van der Waals surface area contributed by atoms with Gasteiger partial charge in [0.1, 0.15) is 5.75 Å². The molecule has 2 unspecified atom stereocenters. The minimum Gasteiger partial charge on any atom is -0.506 e. The van der Waals surface area contributed by atoms with Crippen LogP contribution in [0.1, 0.15) is 10.4 Å². The van der Waals surface area contributed by atoms with Crippen LogP contribution in [0.15, 0.2) is 18.2 Å². The predicted octanol–water partition coefficient (Wildman–Crippen LogP) is 1.34. The van der Waals surface area contributed by atoms with Crippen molar-refractivity contribution in [3.8, 4) is 5.75 Å². The summed E-state index contributed by atoms with van der Waals surface area (Å²) in [6.45, 7) is 3.64. The number of nitrogens with one attached hydrogen (secondary N) is 1. The van der Waals surface area contributed by atoms with Gasteiger partial charge in [0.25, 0.3) is 5.91 Å². The Hall–Kier alpha value is -1.26. The minimum absolute atomic E-state index is 0.00583. The summed E-state index contributed by atoms with van der Waals surface area (Å²) < 4.78 is 0. The van der Waals surface area contributed by atoms with Crippen molar-refractivity contribution in [1.29, 1.82) is 0 Å². The lowest BCUT2D eigenvalue weighted by molar-refractivity contribution is 0.0781. The molecule has 5 heteroatoms. The number of carbonyl (C=O) groups is 1. The monoisotopic (exact) mass is 266 g/mol. The molecule has 4 nitrogen and oxygen atoms in total. The molecule has 2 heterocycles. The first-order valence-corrected chi connectivity index (χ1v) is 6.51. The molecule has 1 aromatic rings. The Balaban J connectivity index is 1.77. The molecule has 2 atom stereocenters. The SMILES string of the molecule is O=C(c1ccc(O)c(Cl)c1)N1CC2CNCC2C1. The summed E-state index contributed by atoms with van der Waals surface area (Å²) in [7, 11) is 0. The highest BCUT2D eigenvalue weighted by atomic mass is 35.5. The molecule has 18 heavy (non-hydrogen) atoms. The van der Waals surface area contributed by atoms with Crippen molar-refractivity contribution in [2.45, 2.75) is 0 Å². The van der Waals surface area contributed by atoms with Crippen molar-refractivity contribution in [3.63, 3.8) is 0 Å². The van der Waals surface area contributed by atoms with Crippen LogP contribution in [-0.4, -0.2) is 42.1 Å². The molecule has 2 N–H and O–H groups in total. The molecule has 3 rings (SSSR count). The van der Waals surface area contributed by atoms with Gasteiger partial charge in [0.05, 0.1) is 5.02 Å². The molecule has 0 bridgehead atoms. The second-order valence-electron chi connectivity index (χ2n) is 5.05. The molecule has 0 aromatic heterocycles. The third-order valence-electron chi connectivity index (χ3n) is 3.87. The fourth-order valence-electron chi connectivity index (χ4n) is 2.84. The maximum atomic E-state index is 12.3. The average molecular weight is 267 g/mol. The second-order valence-corrected chi connectivity index (χ2v) is 5.46. The molecular weight excluding hydrogens is 252 g/mol. The van der Waals surface area contributed by atoms with Crippen LogP contribution in [0, 0.1) is 11.8 Å². The summed E-state index contributed by atoms with van der Waals surface area (Å²) in [5.41, 5.74) is 0.547. The van der Waals surface area contributed by atoms with Gasteiger partial charge in [-0.1, -0.05) is 11.6 Å². The van der Waals surface area contributed by atoms with Crippen molar-refractivity contribution in [2.24, 2.45) is 11.8 Å². The first-order valence-electron chi connectivity index (χ1n) is 6.13. The highest BCUT2D eigenvalue weighted by Crippen LogP contribution is 2.29. The number of benzene rings is 1. The Morgan fingerprint density at radius 2 is 2.00 bits per heavy atom. The molecule has 0 aliphatic carbocycles. The number of nitrogens with zero attached hydrogens (tertiary/aromatic N) is 1. The zero-order chi connectivity index (χ0) is 12.7. The van der Waals surface area contributed by atoms with E-state index in [2.05, 4.69) is 5.32 Å². The van der Waals surface area contributed by atoms with E-state index in [1.807, 2.05) is 4.90 Å². The molecule has 0 radical (unpaired) electrons. The van der Waals surface area contributed by atoms with Crippen molar-refractivity contribution >= 4 is 17.5 Å². The van der Waals surface area contributed by atoms with Crippen LogP contribution in [0.5, 0.6) is 5.75 Å². The summed E-state index contributed by atoms with van der Waals surface area (Å²) >= 11 is 5.83. The fraction of sp³-hybridized carbons (Fsp3) is 0.462. The summed E-state index contributed by atoms with van der Waals surface area (Å²) in [6.07, 6.45) is 0. The van der Waals surface area contributed by atoms with Crippen molar-refractivity contribution in [3.05, 3.63) is 28.8 Å². The molecule has 96 valence electrons. The topological polar surface area (TPSA) is 52.6 Å². The Labute approximate surface area is 111 Å². The zero-order valence-electron chi connectivity index (χ0n) is 9.90. The Morgan fingerprint density at radius 3 is 2.61 bits per heavy atom. The van der Waals surface area contributed by atoms with Crippen molar-refractivity contribution in [2.75, 3.05) is 26.2 Å². The van der Waals surface area contributed by atoms with Gasteiger partial charge in [-0.05, 0) is 30.0 Å². The number of halogens is 1. The van der Waals surface area contributed by atoms with Crippen molar-refractivity contribution in [1.82, 2.24) is 10.2 Å². The first kappa shape index (κ1) is 11.8. The van der Waals surface area contributed by atoms with Crippen LogP contribution in [0.4, 0.5) is 0 Å². The van der Waals surface area contributed by atoms with Crippen LogP contribution in [0.2, 0.25) is 5.02 Å². The molecule has 0 saturated carbocycles. The fourth-order valence-corrected chi connectivity index (χ4v) is 3.02. The molecule has 2 aliphatic heterocycles. The van der Waals surface area contributed by atoms with Gasteiger partial charge < -0.3 is 15.3 Å². The second kappa shape index (κ2) is 4.44. The average Bonchev–Trinajstić information content (AvgIpc) is 2.92. The zero-order valence-corrected chi connectivity index (χ0v) is 10.7. The van der Waals surface area contributed by atoms with E-state index in [0.717, 1.165) is 26.2 Å². The Morgan fingerprint density at radius 1 is 1.33 bits per heavy atom. The molecular formula is C13H15ClN2O2. The number of fused-ring (bicyclic) bond motifs is 1. The molecule has 2 aliphatic rings. The third-order valence-corrected chi connectivity index (χ3v) is 4.17. The van der Waals surface area contributed by atoms with Gasteiger partial charge in [-0.2, -0.15) is 0 Å². The smallest absolute Gasteiger partial charge is 0.253 e. The van der Waals surface area contributed by atoms with Gasteiger partial charge in [0.2, 0.25) is 0 Å². The van der Waals surface area contributed by atoms with Crippen LogP contribution in [0.3, 0.4) is 0 Å². The van der Waals surface area contributed by atoms with E-state index in [0.29, 0.717) is 17.4 Å². The van der Waals surface area contributed by atoms with Crippen molar-refractivity contribution < 1.29 is 9.90 Å². The molecule has 0 spiro atoms. The maximum Gasteiger partial charge on any atom is 0.253 e. The summed E-state index contributed by atoms with van der Waals surface area (Å²) in [4.78, 5) is 14.2. The number of rotatable bonds is 1. The Kier molecular flexibility index (Phi) is 2.92. The van der Waals surface area contributed by atoms with Gasteiger partial charge >= 0.3 is 0 Å². The number of likely N-dealkylation sites (tertiary alicyclic amines) is 1. The Bertz CT molecular complexity index is 480. The number of aromatic hydroxyl groups is 1. The maximum absolute atomic E-state index is 12.3. The van der Waals surface area contributed by atoms with Crippen LogP contribution < -0.4 is 5.32 Å². The van der Waals surface area contributed by atoms with E-state index in [1.54, 1.807) is 6.07 Å².